The van der Waals surface area contributed by atoms with Crippen LogP contribution in [-0.4, -0.2) is 16.2 Å². The molecule has 2 aromatic rings. The molecule has 1 aliphatic carbocycles. The minimum Gasteiger partial charge on any atom is -0.308 e. The second kappa shape index (κ2) is 5.52. The van der Waals surface area contributed by atoms with Gasteiger partial charge in [-0.2, -0.15) is 18.3 Å². The van der Waals surface area contributed by atoms with E-state index in [9.17, 15) is 13.2 Å². The van der Waals surface area contributed by atoms with E-state index in [-0.39, 0.29) is 0 Å². The molecule has 0 spiro atoms. The molecule has 0 saturated heterocycles. The van der Waals surface area contributed by atoms with E-state index in [0.29, 0.717) is 24.2 Å². The molecule has 2 atom stereocenters. The van der Waals surface area contributed by atoms with Crippen molar-refractivity contribution < 1.29 is 13.2 Å². The summed E-state index contributed by atoms with van der Waals surface area (Å²) in [5, 5.41) is 8.98. The van der Waals surface area contributed by atoms with Crippen LogP contribution in [0, 0.1) is 5.92 Å². The molecule has 0 radical (unpaired) electrons. The molecule has 21 heavy (non-hydrogen) atoms. The lowest BCUT2D eigenvalue weighted by molar-refractivity contribution is -0.141. The lowest BCUT2D eigenvalue weighted by atomic mass is 10.1. The second-order valence-electron chi connectivity index (χ2n) is 5.45. The smallest absolute Gasteiger partial charge is 0.308 e. The summed E-state index contributed by atoms with van der Waals surface area (Å²) < 4.78 is 37.2. The van der Waals surface area contributed by atoms with Crippen LogP contribution in [-0.2, 0) is 19.1 Å². The average Bonchev–Trinajstić information content (AvgIpc) is 2.99. The Labute approximate surface area is 120 Å². The summed E-state index contributed by atoms with van der Waals surface area (Å²) in [7, 11) is 0. The van der Waals surface area contributed by atoms with Crippen LogP contribution in [0.5, 0.6) is 0 Å². The topological polar surface area (TPSA) is 40.7 Å². The molecule has 0 bridgehead atoms. The number of halogens is 3. The van der Waals surface area contributed by atoms with Crippen molar-refractivity contribution in [3.8, 4) is 0 Å². The maximum Gasteiger partial charge on any atom is 0.435 e. The highest BCUT2D eigenvalue weighted by Gasteiger charge is 2.37. The Hall–Kier alpha value is -1.82. The molecule has 3 rings (SSSR count). The SMILES string of the molecule is FC(F)(F)c1cc(CNC2CC2Cc2ccccc2)[nH]n1. The number of hydrogen-bond acceptors (Lipinski definition) is 2. The van der Waals surface area contributed by atoms with Gasteiger partial charge in [0.25, 0.3) is 0 Å². The van der Waals surface area contributed by atoms with E-state index in [0.717, 1.165) is 18.9 Å². The molecule has 2 unspecified atom stereocenters. The number of benzene rings is 1. The molecule has 6 heteroatoms. The molecule has 2 N–H and O–H groups in total. The lowest BCUT2D eigenvalue weighted by Crippen LogP contribution is -2.18. The van der Waals surface area contributed by atoms with Crippen LogP contribution >= 0.6 is 0 Å². The van der Waals surface area contributed by atoms with Crippen molar-refractivity contribution in [3.05, 3.63) is 53.3 Å². The van der Waals surface area contributed by atoms with Gasteiger partial charge in [-0.05, 0) is 30.4 Å². The summed E-state index contributed by atoms with van der Waals surface area (Å²) in [6, 6.07) is 11.7. The van der Waals surface area contributed by atoms with Gasteiger partial charge < -0.3 is 5.32 Å². The molecule has 3 nitrogen and oxygen atoms in total. The third-order valence-corrected chi connectivity index (χ3v) is 3.74. The van der Waals surface area contributed by atoms with Crippen molar-refractivity contribution in [2.75, 3.05) is 0 Å². The van der Waals surface area contributed by atoms with E-state index in [1.165, 1.54) is 5.56 Å². The average molecular weight is 295 g/mol. The van der Waals surface area contributed by atoms with Crippen LogP contribution in [0.1, 0.15) is 23.4 Å². The van der Waals surface area contributed by atoms with Gasteiger partial charge in [0, 0.05) is 18.3 Å². The van der Waals surface area contributed by atoms with E-state index >= 15 is 0 Å². The standard InChI is InChI=1S/C15H16F3N3/c16-15(17,18)14-8-12(20-21-14)9-19-13-7-11(13)6-10-4-2-1-3-5-10/h1-5,8,11,13,19H,6-7,9H2,(H,20,21). The fourth-order valence-corrected chi connectivity index (χ4v) is 2.48. The Balaban J connectivity index is 1.46. The molecule has 1 aliphatic rings. The Kier molecular flexibility index (Phi) is 3.71. The maximum atomic E-state index is 12.4. The zero-order valence-corrected chi connectivity index (χ0v) is 11.3. The molecule has 0 amide bonds. The van der Waals surface area contributed by atoms with E-state index in [2.05, 4.69) is 27.6 Å². The van der Waals surface area contributed by atoms with E-state index in [1.54, 1.807) is 0 Å². The monoisotopic (exact) mass is 295 g/mol. The fraction of sp³-hybridized carbons (Fsp3) is 0.400. The first-order valence-electron chi connectivity index (χ1n) is 6.91. The predicted octanol–water partition coefficient (Wildman–Crippen LogP) is 3.15. The fourth-order valence-electron chi connectivity index (χ4n) is 2.48. The van der Waals surface area contributed by atoms with Crippen LogP contribution in [0.3, 0.4) is 0 Å². The normalized spacial score (nSPS) is 21.5. The second-order valence-corrected chi connectivity index (χ2v) is 5.45. The summed E-state index contributed by atoms with van der Waals surface area (Å²) in [6.45, 7) is 0.388. The van der Waals surface area contributed by atoms with E-state index in [1.807, 2.05) is 18.2 Å². The van der Waals surface area contributed by atoms with Crippen molar-refractivity contribution in [2.24, 2.45) is 5.92 Å². The number of H-pyrrole nitrogens is 1. The third kappa shape index (κ3) is 3.64. The van der Waals surface area contributed by atoms with E-state index < -0.39 is 11.9 Å². The van der Waals surface area contributed by atoms with Crippen molar-refractivity contribution in [2.45, 2.75) is 31.6 Å². The van der Waals surface area contributed by atoms with Crippen LogP contribution < -0.4 is 5.32 Å². The highest BCUT2D eigenvalue weighted by Crippen LogP contribution is 2.34. The first-order valence-corrected chi connectivity index (χ1v) is 6.91. The zero-order chi connectivity index (χ0) is 14.9. The molecule has 1 saturated carbocycles. The molecule has 1 aromatic carbocycles. The highest BCUT2D eigenvalue weighted by atomic mass is 19.4. The summed E-state index contributed by atoms with van der Waals surface area (Å²) in [4.78, 5) is 0. The minimum atomic E-state index is -4.38. The van der Waals surface area contributed by atoms with Crippen molar-refractivity contribution >= 4 is 0 Å². The van der Waals surface area contributed by atoms with Crippen LogP contribution in [0.2, 0.25) is 0 Å². The molecule has 0 aliphatic heterocycles. The first-order chi connectivity index (χ1) is 10.0. The van der Waals surface area contributed by atoms with Crippen LogP contribution in [0.25, 0.3) is 0 Å². The Morgan fingerprint density at radius 3 is 2.67 bits per heavy atom. The number of alkyl halides is 3. The molecule has 1 fully saturated rings. The minimum absolute atomic E-state index is 0.378. The largest absolute Gasteiger partial charge is 0.435 e. The van der Waals surface area contributed by atoms with Gasteiger partial charge in [0.2, 0.25) is 0 Å². The van der Waals surface area contributed by atoms with Gasteiger partial charge in [0.15, 0.2) is 5.69 Å². The summed E-state index contributed by atoms with van der Waals surface area (Å²) in [5.41, 5.74) is 0.899. The first kappa shape index (κ1) is 14.1. The van der Waals surface area contributed by atoms with Gasteiger partial charge in [0.05, 0.1) is 0 Å². The van der Waals surface area contributed by atoms with Crippen LogP contribution in [0.4, 0.5) is 13.2 Å². The van der Waals surface area contributed by atoms with Gasteiger partial charge in [-0.15, -0.1) is 0 Å². The number of nitrogens with zero attached hydrogens (tertiary/aromatic N) is 1. The molecule has 112 valence electrons. The van der Waals surface area contributed by atoms with Crippen molar-refractivity contribution in [3.63, 3.8) is 0 Å². The predicted molar refractivity (Wildman–Crippen MR) is 72.5 cm³/mol. The Bertz CT molecular complexity index is 592. The molecule has 1 heterocycles. The number of aromatic amines is 1. The van der Waals surface area contributed by atoms with E-state index in [4.69, 9.17) is 0 Å². The molecular weight excluding hydrogens is 279 g/mol. The van der Waals surface area contributed by atoms with Gasteiger partial charge >= 0.3 is 6.18 Å². The quantitative estimate of drug-likeness (QED) is 0.889. The van der Waals surface area contributed by atoms with Gasteiger partial charge in [-0.25, -0.2) is 0 Å². The third-order valence-electron chi connectivity index (χ3n) is 3.74. The zero-order valence-electron chi connectivity index (χ0n) is 11.3. The number of rotatable bonds is 5. The number of nitrogens with one attached hydrogen (secondary N) is 2. The summed E-state index contributed by atoms with van der Waals surface area (Å²) in [5.74, 6) is 0.567. The van der Waals surface area contributed by atoms with Crippen molar-refractivity contribution in [1.29, 1.82) is 0 Å². The Morgan fingerprint density at radius 2 is 2.00 bits per heavy atom. The maximum absolute atomic E-state index is 12.4. The number of aromatic nitrogens is 2. The van der Waals surface area contributed by atoms with Crippen LogP contribution in [0.15, 0.2) is 36.4 Å². The van der Waals surface area contributed by atoms with Crippen molar-refractivity contribution in [1.82, 2.24) is 15.5 Å². The van der Waals surface area contributed by atoms with Gasteiger partial charge in [0.1, 0.15) is 0 Å². The summed E-state index contributed by atoms with van der Waals surface area (Å²) in [6.07, 6.45) is -2.31. The summed E-state index contributed by atoms with van der Waals surface area (Å²) >= 11 is 0. The Morgan fingerprint density at radius 1 is 1.24 bits per heavy atom. The van der Waals surface area contributed by atoms with Gasteiger partial charge in [-0.1, -0.05) is 30.3 Å². The lowest BCUT2D eigenvalue weighted by Gasteiger charge is -2.03. The highest BCUT2D eigenvalue weighted by molar-refractivity contribution is 5.18. The number of hydrogen-bond donors (Lipinski definition) is 2. The molecular formula is C15H16F3N3. The van der Waals surface area contributed by atoms with Gasteiger partial charge in [-0.3, -0.25) is 5.10 Å². The molecule has 1 aromatic heterocycles.